The maximum atomic E-state index is 13.0. The summed E-state index contributed by atoms with van der Waals surface area (Å²) in [6.07, 6.45) is 5.37. The third-order valence-electron chi connectivity index (χ3n) is 3.40. The molecule has 1 aliphatic rings. The van der Waals surface area contributed by atoms with Crippen LogP contribution in [0.2, 0.25) is 0 Å². The summed E-state index contributed by atoms with van der Waals surface area (Å²) in [7, 11) is 0. The number of amides is 2. The minimum atomic E-state index is -0.279. The third kappa shape index (κ3) is 4.09. The molecule has 3 nitrogen and oxygen atoms in total. The smallest absolute Gasteiger partial charge is 0.321 e. The molecule has 19 heavy (non-hydrogen) atoms. The Labute approximate surface area is 113 Å². The fourth-order valence-electron chi connectivity index (χ4n) is 2.12. The zero-order valence-electron chi connectivity index (χ0n) is 11.1. The molecule has 4 heteroatoms. The molecule has 0 aliphatic carbocycles. The second-order valence-electron chi connectivity index (χ2n) is 5.01. The van der Waals surface area contributed by atoms with Gasteiger partial charge in [-0.05, 0) is 42.5 Å². The topological polar surface area (TPSA) is 32.3 Å². The number of halogens is 1. The molecule has 0 unspecified atom stereocenters. The van der Waals surface area contributed by atoms with Gasteiger partial charge in [-0.2, -0.15) is 0 Å². The predicted octanol–water partition coefficient (Wildman–Crippen LogP) is 3.24. The standard InChI is InChI=1S/C15H19FN2O/c1-12-6-9-18(10-7-12)15(19)17-8-5-13-3-2-4-14(16)11-13/h2-5,8,11-12H,6-7,9-10H2,1H3,(H,17,19)/b8-5+. The van der Waals surface area contributed by atoms with Crippen molar-refractivity contribution in [2.75, 3.05) is 13.1 Å². The first-order valence-corrected chi connectivity index (χ1v) is 6.63. The number of benzene rings is 1. The van der Waals surface area contributed by atoms with Crippen LogP contribution in [-0.4, -0.2) is 24.0 Å². The zero-order chi connectivity index (χ0) is 13.7. The van der Waals surface area contributed by atoms with E-state index >= 15 is 0 Å². The van der Waals surface area contributed by atoms with E-state index in [2.05, 4.69) is 12.2 Å². The minimum absolute atomic E-state index is 0.0837. The number of hydrogen-bond donors (Lipinski definition) is 1. The van der Waals surface area contributed by atoms with Gasteiger partial charge in [0.25, 0.3) is 0 Å². The molecule has 0 radical (unpaired) electrons. The average Bonchev–Trinajstić information content (AvgIpc) is 2.39. The van der Waals surface area contributed by atoms with E-state index < -0.39 is 0 Å². The molecular formula is C15H19FN2O. The molecule has 1 aliphatic heterocycles. The maximum Gasteiger partial charge on any atom is 0.321 e. The molecule has 0 aromatic heterocycles. The molecule has 0 saturated carbocycles. The number of nitrogens with one attached hydrogen (secondary N) is 1. The first-order chi connectivity index (χ1) is 9.15. The summed E-state index contributed by atoms with van der Waals surface area (Å²) in [6.45, 7) is 3.82. The predicted molar refractivity (Wildman–Crippen MR) is 73.9 cm³/mol. The number of urea groups is 1. The Hall–Kier alpha value is -1.84. The Morgan fingerprint density at radius 2 is 2.16 bits per heavy atom. The van der Waals surface area contributed by atoms with Crippen LogP contribution in [0.25, 0.3) is 6.08 Å². The van der Waals surface area contributed by atoms with Crippen molar-refractivity contribution in [2.45, 2.75) is 19.8 Å². The fourth-order valence-corrected chi connectivity index (χ4v) is 2.12. The largest absolute Gasteiger partial charge is 0.325 e. The van der Waals surface area contributed by atoms with Gasteiger partial charge in [-0.15, -0.1) is 0 Å². The van der Waals surface area contributed by atoms with Crippen molar-refractivity contribution in [3.63, 3.8) is 0 Å². The third-order valence-corrected chi connectivity index (χ3v) is 3.40. The van der Waals surface area contributed by atoms with E-state index in [0.29, 0.717) is 5.92 Å². The molecule has 1 aromatic carbocycles. The lowest BCUT2D eigenvalue weighted by Crippen LogP contribution is -2.42. The van der Waals surface area contributed by atoms with Crippen LogP contribution < -0.4 is 5.32 Å². The van der Waals surface area contributed by atoms with Crippen molar-refractivity contribution < 1.29 is 9.18 Å². The van der Waals surface area contributed by atoms with Crippen molar-refractivity contribution in [2.24, 2.45) is 5.92 Å². The Balaban J connectivity index is 1.83. The Bertz CT molecular complexity index is 465. The number of carbonyl (C=O) groups excluding carboxylic acids is 1. The number of carbonyl (C=O) groups is 1. The van der Waals surface area contributed by atoms with Crippen molar-refractivity contribution in [1.82, 2.24) is 10.2 Å². The summed E-state index contributed by atoms with van der Waals surface area (Å²) in [6, 6.07) is 6.16. The molecule has 1 saturated heterocycles. The number of piperidine rings is 1. The normalized spacial score (nSPS) is 16.8. The summed E-state index contributed by atoms with van der Waals surface area (Å²) < 4.78 is 13.0. The van der Waals surface area contributed by atoms with Gasteiger partial charge in [-0.25, -0.2) is 9.18 Å². The van der Waals surface area contributed by atoms with E-state index in [-0.39, 0.29) is 11.8 Å². The first-order valence-electron chi connectivity index (χ1n) is 6.63. The zero-order valence-corrected chi connectivity index (χ0v) is 11.1. The fraction of sp³-hybridized carbons (Fsp3) is 0.400. The first kappa shape index (κ1) is 13.6. The number of hydrogen-bond acceptors (Lipinski definition) is 1. The van der Waals surface area contributed by atoms with E-state index in [0.717, 1.165) is 31.5 Å². The highest BCUT2D eigenvalue weighted by molar-refractivity contribution is 5.76. The molecule has 2 amide bonds. The lowest BCUT2D eigenvalue weighted by atomic mass is 10.00. The highest BCUT2D eigenvalue weighted by Crippen LogP contribution is 2.15. The molecule has 0 atom stereocenters. The lowest BCUT2D eigenvalue weighted by Gasteiger charge is -2.29. The van der Waals surface area contributed by atoms with Crippen LogP contribution in [0, 0.1) is 11.7 Å². The summed E-state index contributed by atoms with van der Waals surface area (Å²) in [5.41, 5.74) is 0.729. The van der Waals surface area contributed by atoms with Gasteiger partial charge in [0.15, 0.2) is 0 Å². The highest BCUT2D eigenvalue weighted by Gasteiger charge is 2.19. The van der Waals surface area contributed by atoms with Gasteiger partial charge in [0, 0.05) is 19.3 Å². The van der Waals surface area contributed by atoms with Crippen LogP contribution in [0.3, 0.4) is 0 Å². The second-order valence-corrected chi connectivity index (χ2v) is 5.01. The molecule has 1 heterocycles. The van der Waals surface area contributed by atoms with E-state index in [1.165, 1.54) is 12.1 Å². The molecule has 1 aromatic rings. The Kier molecular flexibility index (Phi) is 4.55. The lowest BCUT2D eigenvalue weighted by molar-refractivity contribution is 0.177. The minimum Gasteiger partial charge on any atom is -0.325 e. The number of nitrogens with zero attached hydrogens (tertiary/aromatic N) is 1. The monoisotopic (exact) mass is 262 g/mol. The van der Waals surface area contributed by atoms with E-state index in [9.17, 15) is 9.18 Å². The SMILES string of the molecule is CC1CCN(C(=O)N/C=C/c2cccc(F)c2)CC1. The summed E-state index contributed by atoms with van der Waals surface area (Å²) >= 11 is 0. The van der Waals surface area contributed by atoms with Crippen LogP contribution >= 0.6 is 0 Å². The van der Waals surface area contributed by atoms with Gasteiger partial charge in [0.2, 0.25) is 0 Å². The summed E-state index contributed by atoms with van der Waals surface area (Å²) in [5, 5.41) is 2.72. The van der Waals surface area contributed by atoms with Crippen molar-refractivity contribution in [3.8, 4) is 0 Å². The number of likely N-dealkylation sites (tertiary alicyclic amines) is 1. The van der Waals surface area contributed by atoms with Crippen LogP contribution in [0.15, 0.2) is 30.5 Å². The van der Waals surface area contributed by atoms with Crippen molar-refractivity contribution in [1.29, 1.82) is 0 Å². The van der Waals surface area contributed by atoms with Gasteiger partial charge in [0.1, 0.15) is 5.82 Å². The van der Waals surface area contributed by atoms with Gasteiger partial charge in [-0.1, -0.05) is 19.1 Å². The van der Waals surface area contributed by atoms with Crippen molar-refractivity contribution >= 4 is 12.1 Å². The Morgan fingerprint density at radius 3 is 2.84 bits per heavy atom. The maximum absolute atomic E-state index is 13.0. The van der Waals surface area contributed by atoms with Crippen molar-refractivity contribution in [3.05, 3.63) is 41.8 Å². The molecule has 1 N–H and O–H groups in total. The molecule has 102 valence electrons. The molecular weight excluding hydrogens is 243 g/mol. The van der Waals surface area contributed by atoms with Gasteiger partial charge in [0.05, 0.1) is 0 Å². The molecule has 0 spiro atoms. The quantitative estimate of drug-likeness (QED) is 0.872. The average molecular weight is 262 g/mol. The van der Waals surface area contributed by atoms with Gasteiger partial charge >= 0.3 is 6.03 Å². The summed E-state index contributed by atoms with van der Waals surface area (Å²) in [5.74, 6) is 0.422. The van der Waals surface area contributed by atoms with Gasteiger partial charge in [-0.3, -0.25) is 0 Å². The van der Waals surface area contributed by atoms with Crippen LogP contribution in [0.5, 0.6) is 0 Å². The second kappa shape index (κ2) is 6.36. The van der Waals surface area contributed by atoms with E-state index in [1.54, 1.807) is 24.4 Å². The number of rotatable bonds is 2. The Morgan fingerprint density at radius 1 is 1.42 bits per heavy atom. The highest BCUT2D eigenvalue weighted by atomic mass is 19.1. The van der Waals surface area contributed by atoms with Crippen LogP contribution in [0.1, 0.15) is 25.3 Å². The van der Waals surface area contributed by atoms with E-state index in [4.69, 9.17) is 0 Å². The van der Waals surface area contributed by atoms with E-state index in [1.807, 2.05) is 4.90 Å². The van der Waals surface area contributed by atoms with Gasteiger partial charge < -0.3 is 10.2 Å². The molecule has 0 bridgehead atoms. The van der Waals surface area contributed by atoms with Crippen LogP contribution in [-0.2, 0) is 0 Å². The summed E-state index contributed by atoms with van der Waals surface area (Å²) in [4.78, 5) is 13.7. The van der Waals surface area contributed by atoms with Crippen LogP contribution in [0.4, 0.5) is 9.18 Å². The molecule has 1 fully saturated rings. The molecule has 2 rings (SSSR count).